The first-order chi connectivity index (χ1) is 8.62. The van der Waals surface area contributed by atoms with E-state index in [2.05, 4.69) is 0 Å². The molecule has 2 aliphatic rings. The van der Waals surface area contributed by atoms with Crippen molar-refractivity contribution >= 4 is 12.1 Å². The van der Waals surface area contributed by atoms with Crippen LogP contribution in [0.25, 0.3) is 0 Å². The monoisotopic (exact) mass is 273 g/mol. The number of carbonyl (C=O) groups is 2. The molecule has 0 aromatic heterocycles. The van der Waals surface area contributed by atoms with E-state index in [0.717, 1.165) is 0 Å². The Kier molecular flexibility index (Phi) is 3.23. The second-order valence-electron chi connectivity index (χ2n) is 6.45. The van der Waals surface area contributed by atoms with E-state index in [1.54, 1.807) is 20.8 Å². The normalized spacial score (nSPS) is 34.2. The highest BCUT2D eigenvalue weighted by molar-refractivity contribution is 5.79. The molecule has 2 aliphatic heterocycles. The van der Waals surface area contributed by atoms with Crippen molar-refractivity contribution in [3.63, 3.8) is 0 Å². The Hall–Kier alpha value is -1.33. The molecule has 1 N–H and O–H groups in total. The highest BCUT2D eigenvalue weighted by atomic mass is 19.1. The molecule has 5 nitrogen and oxygen atoms in total. The number of carbonyl (C=O) groups excluding carboxylic acids is 1. The molecule has 2 fully saturated rings. The third-order valence-corrected chi connectivity index (χ3v) is 3.73. The van der Waals surface area contributed by atoms with Crippen molar-refractivity contribution in [3.05, 3.63) is 0 Å². The van der Waals surface area contributed by atoms with Gasteiger partial charge in [0, 0.05) is 24.9 Å². The number of ether oxygens (including phenoxy) is 1. The summed E-state index contributed by atoms with van der Waals surface area (Å²) in [5.41, 5.74) is -2.81. The average Bonchev–Trinajstić information content (AvgIpc) is 2.49. The van der Waals surface area contributed by atoms with E-state index in [0.29, 0.717) is 12.8 Å². The predicted molar refractivity (Wildman–Crippen MR) is 65.6 cm³/mol. The fourth-order valence-electron chi connectivity index (χ4n) is 2.98. The van der Waals surface area contributed by atoms with Crippen LogP contribution in [0.15, 0.2) is 0 Å². The molecule has 108 valence electrons. The maximum absolute atomic E-state index is 14.2. The maximum atomic E-state index is 14.2. The van der Waals surface area contributed by atoms with Crippen LogP contribution in [-0.4, -0.2) is 45.4 Å². The zero-order valence-electron chi connectivity index (χ0n) is 11.5. The van der Waals surface area contributed by atoms with Gasteiger partial charge >= 0.3 is 12.1 Å². The lowest BCUT2D eigenvalue weighted by atomic mass is 9.88. The maximum Gasteiger partial charge on any atom is 0.410 e. The number of halogens is 1. The van der Waals surface area contributed by atoms with Crippen LogP contribution in [0.4, 0.5) is 9.18 Å². The molecule has 0 saturated carbocycles. The Bertz CT molecular complexity index is 390. The molecule has 19 heavy (non-hydrogen) atoms. The number of alkyl halides is 1. The number of hydrogen-bond donors (Lipinski definition) is 1. The summed E-state index contributed by atoms with van der Waals surface area (Å²) in [7, 11) is 0. The van der Waals surface area contributed by atoms with Gasteiger partial charge in [-0.05, 0) is 33.6 Å². The second kappa shape index (κ2) is 4.35. The summed E-state index contributed by atoms with van der Waals surface area (Å²) in [6, 6.07) is -0.732. The lowest BCUT2D eigenvalue weighted by Crippen LogP contribution is -2.55. The molecular weight excluding hydrogens is 253 g/mol. The Morgan fingerprint density at radius 1 is 1.26 bits per heavy atom. The van der Waals surface area contributed by atoms with Crippen molar-refractivity contribution in [1.29, 1.82) is 0 Å². The van der Waals surface area contributed by atoms with E-state index < -0.39 is 23.3 Å². The van der Waals surface area contributed by atoms with Crippen LogP contribution in [0.1, 0.15) is 46.5 Å². The summed E-state index contributed by atoms with van der Waals surface area (Å²) < 4.78 is 19.5. The molecule has 2 unspecified atom stereocenters. The smallest absolute Gasteiger partial charge is 0.410 e. The van der Waals surface area contributed by atoms with Crippen LogP contribution >= 0.6 is 0 Å². The molecule has 0 aromatic rings. The van der Waals surface area contributed by atoms with Crippen molar-refractivity contribution in [2.75, 3.05) is 0 Å². The summed E-state index contributed by atoms with van der Waals surface area (Å²) in [6.45, 7) is 5.31. The topological polar surface area (TPSA) is 66.8 Å². The van der Waals surface area contributed by atoms with E-state index >= 15 is 0 Å². The number of fused-ring (bicyclic) bond motifs is 2. The van der Waals surface area contributed by atoms with Crippen LogP contribution in [0.5, 0.6) is 0 Å². The van der Waals surface area contributed by atoms with Gasteiger partial charge in [0.25, 0.3) is 0 Å². The molecule has 0 spiro atoms. The number of rotatable bonds is 1. The molecule has 2 heterocycles. The Morgan fingerprint density at radius 2 is 1.74 bits per heavy atom. The molecule has 6 heteroatoms. The van der Waals surface area contributed by atoms with Crippen molar-refractivity contribution in [3.8, 4) is 0 Å². The zero-order chi connectivity index (χ0) is 14.4. The van der Waals surface area contributed by atoms with Crippen LogP contribution < -0.4 is 0 Å². The van der Waals surface area contributed by atoms with Gasteiger partial charge in [0.05, 0.1) is 0 Å². The predicted octanol–water partition coefficient (Wildman–Crippen LogP) is 2.34. The molecule has 2 rings (SSSR count). The van der Waals surface area contributed by atoms with Crippen molar-refractivity contribution < 1.29 is 23.8 Å². The number of piperidine rings is 1. The molecule has 2 bridgehead atoms. The average molecular weight is 273 g/mol. The van der Waals surface area contributed by atoms with Crippen molar-refractivity contribution in [2.45, 2.75) is 69.8 Å². The number of nitrogens with zero attached hydrogens (tertiary/aromatic N) is 1. The van der Waals surface area contributed by atoms with E-state index in [4.69, 9.17) is 9.84 Å². The van der Waals surface area contributed by atoms with Crippen LogP contribution in [0, 0.1) is 0 Å². The number of hydrogen-bond acceptors (Lipinski definition) is 3. The summed E-state index contributed by atoms with van der Waals surface area (Å²) >= 11 is 0. The number of aliphatic carboxylic acids is 1. The van der Waals surface area contributed by atoms with Crippen LogP contribution in [0.2, 0.25) is 0 Å². The summed E-state index contributed by atoms with van der Waals surface area (Å²) in [5, 5.41) is 8.96. The number of carboxylic acid groups (broad SMARTS) is 1. The fraction of sp³-hybridized carbons (Fsp3) is 0.846. The molecule has 0 aromatic carbocycles. The van der Waals surface area contributed by atoms with E-state index in [1.165, 1.54) is 4.90 Å². The largest absolute Gasteiger partial charge is 0.479 e. The van der Waals surface area contributed by atoms with Gasteiger partial charge in [-0.1, -0.05) is 0 Å². The number of amides is 1. The third kappa shape index (κ3) is 2.67. The number of carboxylic acids is 1. The Morgan fingerprint density at radius 3 is 2.11 bits per heavy atom. The van der Waals surface area contributed by atoms with E-state index in [1.807, 2.05) is 0 Å². The van der Waals surface area contributed by atoms with Gasteiger partial charge in [-0.15, -0.1) is 0 Å². The molecule has 2 atom stereocenters. The van der Waals surface area contributed by atoms with Gasteiger partial charge in [0.2, 0.25) is 5.67 Å². The second-order valence-corrected chi connectivity index (χ2v) is 6.45. The first-order valence-corrected chi connectivity index (χ1v) is 6.56. The van der Waals surface area contributed by atoms with Gasteiger partial charge in [0.1, 0.15) is 5.60 Å². The van der Waals surface area contributed by atoms with Crippen molar-refractivity contribution in [1.82, 2.24) is 4.90 Å². The Balaban J connectivity index is 2.12. The van der Waals surface area contributed by atoms with Crippen molar-refractivity contribution in [2.24, 2.45) is 0 Å². The quantitative estimate of drug-likeness (QED) is 0.796. The standard InChI is InChI=1S/C13H20FNO4/c1-12(2,3)19-11(18)15-8-4-5-9(15)7-13(14,6-8)10(16)17/h8-9H,4-7H2,1-3H3,(H,16,17). The van der Waals surface area contributed by atoms with Gasteiger partial charge < -0.3 is 14.7 Å². The van der Waals surface area contributed by atoms with Gasteiger partial charge in [0.15, 0.2) is 0 Å². The zero-order valence-corrected chi connectivity index (χ0v) is 11.5. The van der Waals surface area contributed by atoms with Gasteiger partial charge in [-0.3, -0.25) is 0 Å². The summed E-state index contributed by atoms with van der Waals surface area (Å²) in [5.74, 6) is -1.42. The molecule has 0 aliphatic carbocycles. The first kappa shape index (κ1) is 14.1. The highest BCUT2D eigenvalue weighted by Gasteiger charge is 2.55. The summed E-state index contributed by atoms with van der Waals surface area (Å²) in [4.78, 5) is 24.6. The van der Waals surface area contributed by atoms with Crippen LogP contribution in [-0.2, 0) is 9.53 Å². The lowest BCUT2D eigenvalue weighted by molar-refractivity contribution is -0.156. The summed E-state index contributed by atoms with van der Waals surface area (Å²) in [6.07, 6.45) is 0.537. The lowest BCUT2D eigenvalue weighted by Gasteiger charge is -2.40. The van der Waals surface area contributed by atoms with Gasteiger partial charge in [-0.2, -0.15) is 0 Å². The van der Waals surface area contributed by atoms with E-state index in [9.17, 15) is 14.0 Å². The minimum atomic E-state index is -2.20. The molecule has 0 radical (unpaired) electrons. The van der Waals surface area contributed by atoms with E-state index in [-0.39, 0.29) is 24.9 Å². The van der Waals surface area contributed by atoms with Crippen LogP contribution in [0.3, 0.4) is 0 Å². The third-order valence-electron chi connectivity index (χ3n) is 3.73. The van der Waals surface area contributed by atoms with Gasteiger partial charge in [-0.25, -0.2) is 14.0 Å². The Labute approximate surface area is 111 Å². The fourth-order valence-corrected chi connectivity index (χ4v) is 2.98. The highest BCUT2D eigenvalue weighted by Crippen LogP contribution is 2.43. The molecule has 1 amide bonds. The minimum Gasteiger partial charge on any atom is -0.479 e. The molecule has 2 saturated heterocycles. The first-order valence-electron chi connectivity index (χ1n) is 6.56. The molecular formula is C13H20FNO4. The SMILES string of the molecule is CC(C)(C)OC(=O)N1C2CCC1CC(F)(C(=O)O)C2. The minimum absolute atomic E-state index is 0.141.